The Morgan fingerprint density at radius 2 is 1.43 bits per heavy atom. The van der Waals surface area contributed by atoms with E-state index in [4.69, 9.17) is 9.16 Å². The lowest BCUT2D eigenvalue weighted by Gasteiger charge is -2.44. The van der Waals surface area contributed by atoms with Gasteiger partial charge in [-0.1, -0.05) is 75.7 Å². The first-order valence-electron chi connectivity index (χ1n) is 15.2. The summed E-state index contributed by atoms with van der Waals surface area (Å²) in [5.74, 6) is -0.158. The summed E-state index contributed by atoms with van der Waals surface area (Å²) in [5.41, 5.74) is -1.50. The summed E-state index contributed by atoms with van der Waals surface area (Å²) in [7, 11) is -2.29. The van der Waals surface area contributed by atoms with E-state index >= 15 is 0 Å². The maximum atomic E-state index is 13.7. The molecule has 0 aromatic heterocycles. The minimum absolute atomic E-state index is 0.0642. The molecule has 0 heterocycles. The van der Waals surface area contributed by atoms with Gasteiger partial charge in [0.2, 0.25) is 11.8 Å². The van der Waals surface area contributed by atoms with E-state index in [2.05, 4.69) is 70.6 Å². The number of rotatable bonds is 15. The summed E-state index contributed by atoms with van der Waals surface area (Å²) >= 11 is 0. The third-order valence-electron chi connectivity index (χ3n) is 7.52. The summed E-state index contributed by atoms with van der Waals surface area (Å²) < 4.78 is 12.6. The Kier molecular flexibility index (Phi) is 14.9. The molecule has 236 valence electrons. The van der Waals surface area contributed by atoms with Gasteiger partial charge in [0.05, 0.1) is 12.1 Å². The number of amides is 3. The molecule has 0 saturated heterocycles. The number of ether oxygens (including phenoxy) is 1. The maximum absolute atomic E-state index is 13.7. The van der Waals surface area contributed by atoms with Gasteiger partial charge in [0, 0.05) is 12.0 Å². The lowest BCUT2D eigenvalue weighted by atomic mass is 9.82. The quantitative estimate of drug-likeness (QED) is 0.145. The topological polar surface area (TPSA) is 106 Å². The van der Waals surface area contributed by atoms with Crippen LogP contribution in [0.2, 0.25) is 18.1 Å². The van der Waals surface area contributed by atoms with Crippen LogP contribution in [0, 0.1) is 17.3 Å². The molecule has 3 amide bonds. The zero-order valence-electron chi connectivity index (χ0n) is 28.5. The van der Waals surface area contributed by atoms with Crippen molar-refractivity contribution in [3.8, 4) is 0 Å². The lowest BCUT2D eigenvalue weighted by Crippen LogP contribution is -2.56. The summed E-state index contributed by atoms with van der Waals surface area (Å²) in [6.07, 6.45) is 2.01. The van der Waals surface area contributed by atoms with Crippen LogP contribution in [-0.2, 0) is 18.8 Å². The lowest BCUT2D eigenvalue weighted by molar-refractivity contribution is -0.136. The van der Waals surface area contributed by atoms with Gasteiger partial charge < -0.3 is 25.1 Å². The van der Waals surface area contributed by atoms with Crippen molar-refractivity contribution in [1.82, 2.24) is 16.0 Å². The predicted octanol–water partition coefficient (Wildman–Crippen LogP) is 6.79. The molecule has 0 spiro atoms. The number of carbonyl (C=O) groups is 3. The normalized spacial score (nSPS) is 15.4. The molecule has 0 bridgehead atoms. The molecule has 0 radical (unpaired) electrons. The Labute approximate surface area is 247 Å². The summed E-state index contributed by atoms with van der Waals surface area (Å²) in [5, 5.41) is 9.00. The van der Waals surface area contributed by atoms with E-state index in [9.17, 15) is 14.4 Å². The van der Waals surface area contributed by atoms with Crippen molar-refractivity contribution in [3.63, 3.8) is 0 Å². The van der Waals surface area contributed by atoms with E-state index in [1.165, 1.54) is 0 Å². The molecule has 40 heavy (non-hydrogen) atoms. The standard InChI is InChI=1S/C31H63N3O5Si/c1-16-17-18-32-26(35)25(22(4)5)34-27(36)31(12,13)20-24(39-40(14,15)30(9,10)11)23(19-21(2)3)33-28(37)38-29(6,7)8/h21-25H,16-20H2,1-15H3,(H,32,35)(H,33,37)(H,34,36)/t23?,24-,25+/m1/s1. The van der Waals surface area contributed by atoms with Crippen LogP contribution in [0.5, 0.6) is 0 Å². The fourth-order valence-electron chi connectivity index (χ4n) is 4.06. The molecule has 0 aliphatic rings. The first kappa shape index (κ1) is 38.4. The molecule has 3 N–H and O–H groups in total. The monoisotopic (exact) mass is 585 g/mol. The van der Waals surface area contributed by atoms with Gasteiger partial charge in [-0.2, -0.15) is 0 Å². The van der Waals surface area contributed by atoms with Gasteiger partial charge in [-0.3, -0.25) is 9.59 Å². The number of nitrogens with one attached hydrogen (secondary N) is 3. The summed E-state index contributed by atoms with van der Waals surface area (Å²) in [6, 6.07) is -0.982. The molecule has 0 aliphatic carbocycles. The van der Waals surface area contributed by atoms with Crippen LogP contribution in [0.1, 0.15) is 116 Å². The second-order valence-electron chi connectivity index (χ2n) is 15.2. The molecule has 0 fully saturated rings. The van der Waals surface area contributed by atoms with Crippen molar-refractivity contribution < 1.29 is 23.5 Å². The molecule has 8 nitrogen and oxygen atoms in total. The smallest absolute Gasteiger partial charge is 0.407 e. The Morgan fingerprint density at radius 3 is 1.85 bits per heavy atom. The van der Waals surface area contributed by atoms with Crippen LogP contribution in [0.4, 0.5) is 4.79 Å². The number of hydrogen-bond acceptors (Lipinski definition) is 5. The van der Waals surface area contributed by atoms with Gasteiger partial charge in [-0.05, 0) is 70.0 Å². The molecule has 0 aliphatic heterocycles. The van der Waals surface area contributed by atoms with Gasteiger partial charge in [-0.25, -0.2) is 4.79 Å². The summed E-state index contributed by atoms with van der Waals surface area (Å²) in [4.78, 5) is 39.5. The van der Waals surface area contributed by atoms with Crippen LogP contribution in [0.3, 0.4) is 0 Å². The Hall–Kier alpha value is -1.61. The fourth-order valence-corrected chi connectivity index (χ4v) is 5.42. The van der Waals surface area contributed by atoms with Crippen LogP contribution in [0.25, 0.3) is 0 Å². The Morgan fingerprint density at radius 1 is 0.875 bits per heavy atom. The average molecular weight is 586 g/mol. The van der Waals surface area contributed by atoms with Crippen molar-refractivity contribution in [2.24, 2.45) is 17.3 Å². The van der Waals surface area contributed by atoms with Crippen molar-refractivity contribution in [2.45, 2.75) is 158 Å². The van der Waals surface area contributed by atoms with Gasteiger partial charge in [-0.15, -0.1) is 0 Å². The van der Waals surface area contributed by atoms with E-state index in [1.807, 2.05) is 48.5 Å². The highest BCUT2D eigenvalue weighted by Gasteiger charge is 2.44. The Balaban J connectivity index is 6.23. The van der Waals surface area contributed by atoms with Gasteiger partial charge >= 0.3 is 6.09 Å². The first-order valence-corrected chi connectivity index (χ1v) is 18.1. The third kappa shape index (κ3) is 13.8. The van der Waals surface area contributed by atoms with Crippen LogP contribution < -0.4 is 16.0 Å². The zero-order chi connectivity index (χ0) is 31.7. The molecule has 3 atom stereocenters. The number of alkyl carbamates (subject to hydrolysis) is 1. The van der Waals surface area contributed by atoms with E-state index in [0.717, 1.165) is 12.8 Å². The average Bonchev–Trinajstić information content (AvgIpc) is 2.73. The van der Waals surface area contributed by atoms with Crippen LogP contribution in [0.15, 0.2) is 0 Å². The third-order valence-corrected chi connectivity index (χ3v) is 12.0. The maximum Gasteiger partial charge on any atom is 0.407 e. The molecule has 9 heteroatoms. The molecular weight excluding hydrogens is 522 g/mol. The molecule has 0 aromatic carbocycles. The van der Waals surface area contributed by atoms with Gasteiger partial charge in [0.15, 0.2) is 8.32 Å². The number of hydrogen-bond donors (Lipinski definition) is 3. The highest BCUT2D eigenvalue weighted by atomic mass is 28.4. The molecule has 0 saturated carbocycles. The SMILES string of the molecule is CCCCNC(=O)[C@@H](NC(=O)C(C)(C)C[C@@H](O[Si](C)(C)C(C)(C)C)C(CC(C)C)NC(=O)OC(C)(C)C)C(C)C. The number of unbranched alkanes of at least 4 members (excludes halogenated alkanes) is 1. The molecule has 0 rings (SSSR count). The molecule has 0 aromatic rings. The minimum Gasteiger partial charge on any atom is -0.444 e. The van der Waals surface area contributed by atoms with E-state index in [1.54, 1.807) is 0 Å². The van der Waals surface area contributed by atoms with E-state index in [0.29, 0.717) is 19.4 Å². The van der Waals surface area contributed by atoms with Crippen molar-refractivity contribution in [1.29, 1.82) is 0 Å². The van der Waals surface area contributed by atoms with Crippen molar-refractivity contribution in [3.05, 3.63) is 0 Å². The summed E-state index contributed by atoms with van der Waals surface area (Å²) in [6.45, 7) is 30.9. The molecular formula is C31H63N3O5Si. The highest BCUT2D eigenvalue weighted by Crippen LogP contribution is 2.40. The fraction of sp³-hybridized carbons (Fsp3) is 0.903. The predicted molar refractivity (Wildman–Crippen MR) is 168 cm³/mol. The van der Waals surface area contributed by atoms with Crippen molar-refractivity contribution in [2.75, 3.05) is 6.54 Å². The minimum atomic E-state index is -2.29. The molecule has 1 unspecified atom stereocenters. The zero-order valence-corrected chi connectivity index (χ0v) is 29.5. The van der Waals surface area contributed by atoms with E-state index < -0.39 is 37.6 Å². The van der Waals surface area contributed by atoms with Crippen LogP contribution >= 0.6 is 0 Å². The second-order valence-corrected chi connectivity index (χ2v) is 20.0. The largest absolute Gasteiger partial charge is 0.444 e. The van der Waals surface area contributed by atoms with Gasteiger partial charge in [0.25, 0.3) is 0 Å². The van der Waals surface area contributed by atoms with Crippen molar-refractivity contribution >= 4 is 26.2 Å². The second kappa shape index (κ2) is 15.6. The van der Waals surface area contributed by atoms with E-state index in [-0.39, 0.29) is 34.7 Å². The highest BCUT2D eigenvalue weighted by molar-refractivity contribution is 6.74. The van der Waals surface area contributed by atoms with Gasteiger partial charge in [0.1, 0.15) is 11.6 Å². The van der Waals surface area contributed by atoms with Crippen LogP contribution in [-0.4, -0.2) is 56.6 Å². The number of carbonyl (C=O) groups excluding carboxylic acids is 3. The first-order chi connectivity index (χ1) is 17.9. The Bertz CT molecular complexity index is 813.